The lowest BCUT2D eigenvalue weighted by Crippen LogP contribution is -2.52. The van der Waals surface area contributed by atoms with E-state index in [4.69, 9.17) is 39.5 Å². The van der Waals surface area contributed by atoms with Gasteiger partial charge in [0.2, 0.25) is 5.91 Å². The van der Waals surface area contributed by atoms with Gasteiger partial charge in [0.15, 0.2) is 0 Å². The maximum atomic E-state index is 12.9. The van der Waals surface area contributed by atoms with E-state index in [9.17, 15) is 9.59 Å². The maximum Gasteiger partial charge on any atom is 0.328 e. The summed E-state index contributed by atoms with van der Waals surface area (Å²) in [5, 5.41) is 1.76. The van der Waals surface area contributed by atoms with Gasteiger partial charge in [-0.05, 0) is 23.8 Å². The molecule has 0 unspecified atom stereocenters. The number of para-hydroxylation sites is 1. The van der Waals surface area contributed by atoms with Gasteiger partial charge in [0, 0.05) is 38.6 Å². The highest BCUT2D eigenvalue weighted by molar-refractivity contribution is 6.36. The summed E-state index contributed by atoms with van der Waals surface area (Å²) in [5.41, 5.74) is 3.13. The predicted molar refractivity (Wildman–Crippen MR) is 114 cm³/mol. The summed E-state index contributed by atoms with van der Waals surface area (Å²) in [4.78, 5) is 30.4. The average Bonchev–Trinajstić information content (AvgIpc) is 3.10. The van der Waals surface area contributed by atoms with Gasteiger partial charge < -0.3 is 14.6 Å². The van der Waals surface area contributed by atoms with Crippen LogP contribution >= 0.6 is 34.8 Å². The van der Waals surface area contributed by atoms with E-state index in [1.807, 2.05) is 24.3 Å². The van der Waals surface area contributed by atoms with E-state index in [2.05, 4.69) is 4.98 Å². The number of rotatable bonds is 3. The fourth-order valence-electron chi connectivity index (χ4n) is 4.06. The number of hydrogen-bond acceptors (Lipinski definition) is 3. The lowest BCUT2D eigenvalue weighted by atomic mass is 9.87. The van der Waals surface area contributed by atoms with Crippen molar-refractivity contribution in [3.05, 3.63) is 69.3 Å². The van der Waals surface area contributed by atoms with Crippen LogP contribution in [0.15, 0.2) is 42.5 Å². The summed E-state index contributed by atoms with van der Waals surface area (Å²) in [6.45, 7) is 0. The van der Waals surface area contributed by atoms with E-state index in [0.717, 1.165) is 22.2 Å². The molecule has 1 aromatic heterocycles. The van der Waals surface area contributed by atoms with E-state index in [1.54, 1.807) is 18.2 Å². The number of hydrogen-bond donors (Lipinski definition) is 1. The van der Waals surface area contributed by atoms with E-state index in [0.29, 0.717) is 22.0 Å². The summed E-state index contributed by atoms with van der Waals surface area (Å²) < 4.78 is 5.01. The van der Waals surface area contributed by atoms with Crippen LogP contribution in [0.2, 0.25) is 10.0 Å². The number of carbonyl (C=O) groups is 2. The van der Waals surface area contributed by atoms with Crippen LogP contribution in [0.25, 0.3) is 10.9 Å². The SMILES string of the molecule is COC(=O)[C@H]1Cc2c([nH]c3ccccc23)[C@@H](c2c(Cl)cccc2Cl)N1C(=O)CCl. The first-order valence-electron chi connectivity index (χ1n) is 8.96. The molecule has 0 spiro atoms. The molecule has 150 valence electrons. The number of fused-ring (bicyclic) bond motifs is 3. The minimum Gasteiger partial charge on any atom is -0.467 e. The zero-order chi connectivity index (χ0) is 20.7. The second kappa shape index (κ2) is 7.90. The van der Waals surface area contributed by atoms with Gasteiger partial charge in [-0.1, -0.05) is 47.5 Å². The van der Waals surface area contributed by atoms with Crippen molar-refractivity contribution in [3.8, 4) is 0 Å². The molecule has 29 heavy (non-hydrogen) atoms. The monoisotopic (exact) mass is 450 g/mol. The standard InChI is InChI=1S/C21H17Cl3N2O3/c1-29-21(28)16-9-12-11-5-2-3-8-15(11)25-19(12)20(26(16)17(27)10-22)18-13(23)6-4-7-14(18)24/h2-8,16,20,25H,9-10H2,1H3/t16-,20-/m1/s1. The lowest BCUT2D eigenvalue weighted by molar-refractivity contribution is -0.154. The predicted octanol–water partition coefficient (Wildman–Crippen LogP) is 4.73. The van der Waals surface area contributed by atoms with Gasteiger partial charge in [-0.25, -0.2) is 4.79 Å². The van der Waals surface area contributed by atoms with Crippen molar-refractivity contribution in [2.75, 3.05) is 13.0 Å². The van der Waals surface area contributed by atoms with Crippen molar-refractivity contribution in [2.24, 2.45) is 0 Å². The topological polar surface area (TPSA) is 62.4 Å². The molecule has 4 rings (SSSR count). The Hall–Kier alpha value is -2.21. The number of H-pyrrole nitrogens is 1. The fraction of sp³-hybridized carbons (Fsp3) is 0.238. The molecule has 0 saturated carbocycles. The van der Waals surface area contributed by atoms with Gasteiger partial charge in [-0.15, -0.1) is 11.6 Å². The molecule has 0 fully saturated rings. The number of alkyl halides is 1. The molecule has 2 aromatic carbocycles. The van der Waals surface area contributed by atoms with Gasteiger partial charge in [0.25, 0.3) is 0 Å². The van der Waals surface area contributed by atoms with Crippen molar-refractivity contribution in [2.45, 2.75) is 18.5 Å². The molecular formula is C21H17Cl3N2O3. The zero-order valence-corrected chi connectivity index (χ0v) is 17.7. The van der Waals surface area contributed by atoms with E-state index in [1.165, 1.54) is 12.0 Å². The summed E-state index contributed by atoms with van der Waals surface area (Å²) in [7, 11) is 1.30. The van der Waals surface area contributed by atoms with Gasteiger partial charge in [-0.2, -0.15) is 0 Å². The Morgan fingerprint density at radius 2 is 1.83 bits per heavy atom. The van der Waals surface area contributed by atoms with Crippen molar-refractivity contribution in [1.29, 1.82) is 0 Å². The van der Waals surface area contributed by atoms with Gasteiger partial charge in [0.05, 0.1) is 7.11 Å². The number of esters is 1. The molecule has 0 bridgehead atoms. The van der Waals surface area contributed by atoms with Gasteiger partial charge in [0.1, 0.15) is 18.0 Å². The van der Waals surface area contributed by atoms with Crippen molar-refractivity contribution >= 4 is 57.6 Å². The second-order valence-electron chi connectivity index (χ2n) is 6.78. The van der Waals surface area contributed by atoms with Crippen LogP contribution in [0.3, 0.4) is 0 Å². The molecule has 2 atom stereocenters. The van der Waals surface area contributed by atoms with Crippen molar-refractivity contribution < 1.29 is 14.3 Å². The number of ether oxygens (including phenoxy) is 1. The van der Waals surface area contributed by atoms with Crippen LogP contribution in [0.4, 0.5) is 0 Å². The van der Waals surface area contributed by atoms with Gasteiger partial charge in [-0.3, -0.25) is 4.79 Å². The Labute approximate surface area is 182 Å². The summed E-state index contributed by atoms with van der Waals surface area (Å²) in [6, 6.07) is 11.3. The van der Waals surface area contributed by atoms with E-state index in [-0.39, 0.29) is 5.88 Å². The highest BCUT2D eigenvalue weighted by Crippen LogP contribution is 2.45. The largest absolute Gasteiger partial charge is 0.467 e. The number of carbonyl (C=O) groups excluding carboxylic acids is 2. The third kappa shape index (κ3) is 3.27. The molecule has 3 aromatic rings. The first kappa shape index (κ1) is 20.1. The van der Waals surface area contributed by atoms with Crippen LogP contribution in [0.1, 0.15) is 22.9 Å². The first-order valence-corrected chi connectivity index (χ1v) is 10.2. The summed E-state index contributed by atoms with van der Waals surface area (Å²) in [5.74, 6) is -1.22. The number of halogens is 3. The molecule has 0 radical (unpaired) electrons. The number of nitrogens with one attached hydrogen (secondary N) is 1. The maximum absolute atomic E-state index is 12.9. The number of aromatic amines is 1. The number of nitrogens with zero attached hydrogens (tertiary/aromatic N) is 1. The summed E-state index contributed by atoms with van der Waals surface area (Å²) in [6.07, 6.45) is 0.299. The number of aromatic nitrogens is 1. The van der Waals surface area contributed by atoms with Crippen LogP contribution in [0.5, 0.6) is 0 Å². The zero-order valence-electron chi connectivity index (χ0n) is 15.4. The van der Waals surface area contributed by atoms with E-state index >= 15 is 0 Å². The third-order valence-electron chi connectivity index (χ3n) is 5.28. The first-order chi connectivity index (χ1) is 14.0. The molecule has 1 amide bonds. The minimum atomic E-state index is -0.852. The Kier molecular flexibility index (Phi) is 5.47. The number of methoxy groups -OCH3 is 1. The fourth-order valence-corrected chi connectivity index (χ4v) is 4.80. The molecule has 1 aliphatic rings. The van der Waals surface area contributed by atoms with Crippen molar-refractivity contribution in [1.82, 2.24) is 9.88 Å². The molecule has 1 aliphatic heterocycles. The Morgan fingerprint density at radius 1 is 1.14 bits per heavy atom. The summed E-state index contributed by atoms with van der Waals surface area (Å²) >= 11 is 19.0. The minimum absolute atomic E-state index is 0.290. The Bertz CT molecular complexity index is 1090. The number of amides is 1. The highest BCUT2D eigenvalue weighted by atomic mass is 35.5. The van der Waals surface area contributed by atoms with Crippen molar-refractivity contribution in [3.63, 3.8) is 0 Å². The van der Waals surface area contributed by atoms with Crippen LogP contribution < -0.4 is 0 Å². The Morgan fingerprint density at radius 3 is 2.48 bits per heavy atom. The quantitative estimate of drug-likeness (QED) is 0.462. The third-order valence-corrected chi connectivity index (χ3v) is 6.17. The molecule has 2 heterocycles. The molecular weight excluding hydrogens is 435 g/mol. The lowest BCUT2D eigenvalue weighted by Gasteiger charge is -2.41. The van der Waals surface area contributed by atoms with E-state index < -0.39 is 24.0 Å². The molecule has 1 N–H and O–H groups in total. The van der Waals surface area contributed by atoms with Crippen LogP contribution in [-0.2, 0) is 20.7 Å². The highest BCUT2D eigenvalue weighted by Gasteiger charge is 2.44. The average molecular weight is 452 g/mol. The molecule has 0 aliphatic carbocycles. The smallest absolute Gasteiger partial charge is 0.328 e. The Balaban J connectivity index is 2.05. The van der Waals surface area contributed by atoms with Crippen LogP contribution in [0, 0.1) is 0 Å². The molecule has 8 heteroatoms. The normalized spacial score (nSPS) is 18.6. The number of benzene rings is 2. The molecule has 0 saturated heterocycles. The second-order valence-corrected chi connectivity index (χ2v) is 7.86. The van der Waals surface area contributed by atoms with Gasteiger partial charge >= 0.3 is 5.97 Å². The molecule has 5 nitrogen and oxygen atoms in total. The van der Waals surface area contributed by atoms with Crippen LogP contribution in [-0.4, -0.2) is 40.8 Å².